The van der Waals surface area contributed by atoms with Crippen molar-refractivity contribution < 1.29 is 4.74 Å². The Balaban J connectivity index is 2.67. The number of methoxy groups -OCH3 is 1. The Morgan fingerprint density at radius 3 is 2.38 bits per heavy atom. The molecule has 0 aliphatic carbocycles. The Morgan fingerprint density at radius 1 is 1.31 bits per heavy atom. The molecule has 1 aromatic rings. The molecule has 1 aromatic carbocycles. The average Bonchev–Trinajstić information content (AvgIpc) is 2.18. The fraction of sp³-hybridized carbons (Fsp3) is 0.364. The van der Waals surface area contributed by atoms with Crippen LogP contribution in [0.5, 0.6) is 5.75 Å². The number of hydrogen-bond acceptors (Lipinski definition) is 2. The molecule has 0 amide bonds. The SMILES string of the molecule is CCN[C](C)c1ccc(OC)cc1. The number of nitrogens with one attached hydrogen (secondary N) is 1. The van der Waals surface area contributed by atoms with Gasteiger partial charge < -0.3 is 10.1 Å². The van der Waals surface area contributed by atoms with Crippen molar-refractivity contribution in [2.75, 3.05) is 13.7 Å². The third-order valence-corrected chi connectivity index (χ3v) is 1.96. The van der Waals surface area contributed by atoms with Gasteiger partial charge in [0.1, 0.15) is 5.75 Å². The average molecular weight is 178 g/mol. The van der Waals surface area contributed by atoms with Crippen LogP contribution >= 0.6 is 0 Å². The molecular formula is C11H16NO. The number of benzene rings is 1. The highest BCUT2D eigenvalue weighted by Crippen LogP contribution is 2.16. The largest absolute Gasteiger partial charge is 0.497 e. The molecule has 2 nitrogen and oxygen atoms in total. The van der Waals surface area contributed by atoms with Crippen molar-refractivity contribution in [3.63, 3.8) is 0 Å². The van der Waals surface area contributed by atoms with Crippen molar-refractivity contribution >= 4 is 0 Å². The molecule has 0 aromatic heterocycles. The summed E-state index contributed by atoms with van der Waals surface area (Å²) in [5.41, 5.74) is 1.21. The van der Waals surface area contributed by atoms with Gasteiger partial charge in [-0.2, -0.15) is 0 Å². The maximum atomic E-state index is 5.08. The molecular weight excluding hydrogens is 162 g/mol. The minimum atomic E-state index is 0.896. The molecule has 1 N–H and O–H groups in total. The highest BCUT2D eigenvalue weighted by molar-refractivity contribution is 5.34. The van der Waals surface area contributed by atoms with Crippen molar-refractivity contribution in [3.05, 3.63) is 35.9 Å². The first-order valence-electron chi connectivity index (χ1n) is 4.49. The van der Waals surface area contributed by atoms with Gasteiger partial charge >= 0.3 is 0 Å². The van der Waals surface area contributed by atoms with Gasteiger partial charge in [-0.25, -0.2) is 0 Å². The van der Waals surface area contributed by atoms with Crippen LogP contribution in [0.25, 0.3) is 0 Å². The predicted octanol–water partition coefficient (Wildman–Crippen LogP) is 2.20. The topological polar surface area (TPSA) is 21.3 Å². The van der Waals surface area contributed by atoms with Gasteiger partial charge in [0, 0.05) is 0 Å². The first-order valence-corrected chi connectivity index (χ1v) is 4.49. The zero-order chi connectivity index (χ0) is 9.68. The molecule has 0 atom stereocenters. The van der Waals surface area contributed by atoms with Crippen LogP contribution in [0.3, 0.4) is 0 Å². The standard InChI is InChI=1S/C11H16NO/c1-4-12-9(2)10-5-7-11(13-3)8-6-10/h5-8,12H,4H2,1-3H3. The third kappa shape index (κ3) is 2.74. The quantitative estimate of drug-likeness (QED) is 0.763. The fourth-order valence-corrected chi connectivity index (χ4v) is 1.21. The molecule has 0 fully saturated rings. The van der Waals surface area contributed by atoms with Crippen molar-refractivity contribution in [1.82, 2.24) is 5.32 Å². The summed E-state index contributed by atoms with van der Waals surface area (Å²) in [5, 5.41) is 3.28. The van der Waals surface area contributed by atoms with Gasteiger partial charge in [0.15, 0.2) is 0 Å². The summed E-state index contributed by atoms with van der Waals surface area (Å²) in [6.45, 7) is 5.12. The summed E-state index contributed by atoms with van der Waals surface area (Å²) in [6.07, 6.45) is 0. The Bertz CT molecular complexity index is 243. The second-order valence-corrected chi connectivity index (χ2v) is 2.88. The zero-order valence-electron chi connectivity index (χ0n) is 8.42. The van der Waals surface area contributed by atoms with Crippen LogP contribution < -0.4 is 10.1 Å². The molecule has 0 saturated carbocycles. The van der Waals surface area contributed by atoms with Crippen LogP contribution in [0, 0.1) is 6.04 Å². The lowest BCUT2D eigenvalue weighted by molar-refractivity contribution is 0.414. The molecule has 0 aliphatic heterocycles. The molecule has 71 valence electrons. The van der Waals surface area contributed by atoms with E-state index in [0.29, 0.717) is 0 Å². The molecule has 2 heteroatoms. The number of rotatable bonds is 4. The molecule has 0 saturated heterocycles. The molecule has 1 radical (unpaired) electrons. The minimum Gasteiger partial charge on any atom is -0.497 e. The first-order chi connectivity index (χ1) is 6.27. The van der Waals surface area contributed by atoms with Gasteiger partial charge in [-0.05, 0) is 31.2 Å². The number of hydrogen-bond donors (Lipinski definition) is 1. The maximum absolute atomic E-state index is 5.08. The summed E-state index contributed by atoms with van der Waals surface area (Å²) < 4.78 is 5.08. The Labute approximate surface area is 79.9 Å². The summed E-state index contributed by atoms with van der Waals surface area (Å²) in [4.78, 5) is 0. The van der Waals surface area contributed by atoms with E-state index >= 15 is 0 Å². The lowest BCUT2D eigenvalue weighted by Gasteiger charge is -2.11. The van der Waals surface area contributed by atoms with E-state index in [-0.39, 0.29) is 0 Å². The van der Waals surface area contributed by atoms with Gasteiger partial charge in [-0.15, -0.1) is 0 Å². The highest BCUT2D eigenvalue weighted by atomic mass is 16.5. The molecule has 13 heavy (non-hydrogen) atoms. The molecule has 1 rings (SSSR count). The summed E-state index contributed by atoms with van der Waals surface area (Å²) in [5.74, 6) is 0.896. The second-order valence-electron chi connectivity index (χ2n) is 2.88. The van der Waals surface area contributed by atoms with E-state index in [9.17, 15) is 0 Å². The molecule has 0 aliphatic rings. The Kier molecular flexibility index (Phi) is 3.77. The highest BCUT2D eigenvalue weighted by Gasteiger charge is 2.03. The smallest absolute Gasteiger partial charge is 0.118 e. The van der Waals surface area contributed by atoms with Gasteiger partial charge in [-0.1, -0.05) is 19.1 Å². The Hall–Kier alpha value is -1.02. The predicted molar refractivity (Wildman–Crippen MR) is 54.7 cm³/mol. The minimum absolute atomic E-state index is 0.896. The number of ether oxygens (including phenoxy) is 1. The fourth-order valence-electron chi connectivity index (χ4n) is 1.21. The van der Waals surface area contributed by atoms with Gasteiger partial charge in [0.05, 0.1) is 13.2 Å². The van der Waals surface area contributed by atoms with Crippen molar-refractivity contribution in [2.45, 2.75) is 13.8 Å². The van der Waals surface area contributed by atoms with E-state index in [2.05, 4.69) is 31.3 Å². The van der Waals surface area contributed by atoms with Crippen LogP contribution in [-0.2, 0) is 0 Å². The van der Waals surface area contributed by atoms with Crippen molar-refractivity contribution in [1.29, 1.82) is 0 Å². The van der Waals surface area contributed by atoms with Crippen molar-refractivity contribution in [3.8, 4) is 5.75 Å². The van der Waals surface area contributed by atoms with Crippen LogP contribution in [0.1, 0.15) is 19.4 Å². The maximum Gasteiger partial charge on any atom is 0.118 e. The summed E-state index contributed by atoms with van der Waals surface area (Å²) in [6, 6.07) is 9.24. The van der Waals surface area contributed by atoms with Crippen LogP contribution in [0.4, 0.5) is 0 Å². The first kappa shape index (κ1) is 10.1. The van der Waals surface area contributed by atoms with E-state index in [1.807, 2.05) is 12.1 Å². The van der Waals surface area contributed by atoms with E-state index in [1.54, 1.807) is 7.11 Å². The lowest BCUT2D eigenvalue weighted by atomic mass is 10.1. The summed E-state index contributed by atoms with van der Waals surface area (Å²) in [7, 11) is 1.68. The molecule has 0 heterocycles. The summed E-state index contributed by atoms with van der Waals surface area (Å²) >= 11 is 0. The second kappa shape index (κ2) is 4.87. The van der Waals surface area contributed by atoms with Gasteiger partial charge in [-0.3, -0.25) is 0 Å². The van der Waals surface area contributed by atoms with Gasteiger partial charge in [0.2, 0.25) is 0 Å². The van der Waals surface area contributed by atoms with Gasteiger partial charge in [0.25, 0.3) is 0 Å². The lowest BCUT2D eigenvalue weighted by Crippen LogP contribution is -2.18. The van der Waals surface area contributed by atoms with Crippen LogP contribution in [0.15, 0.2) is 24.3 Å². The molecule has 0 unspecified atom stereocenters. The third-order valence-electron chi connectivity index (χ3n) is 1.96. The van der Waals surface area contributed by atoms with E-state index in [1.165, 1.54) is 11.6 Å². The van der Waals surface area contributed by atoms with Crippen molar-refractivity contribution in [2.24, 2.45) is 0 Å². The van der Waals surface area contributed by atoms with E-state index in [4.69, 9.17) is 4.74 Å². The molecule has 0 spiro atoms. The molecule has 0 bridgehead atoms. The van der Waals surface area contributed by atoms with Crippen LogP contribution in [-0.4, -0.2) is 13.7 Å². The van der Waals surface area contributed by atoms with E-state index in [0.717, 1.165) is 12.3 Å². The normalized spacial score (nSPS) is 10.5. The Morgan fingerprint density at radius 2 is 1.92 bits per heavy atom. The van der Waals surface area contributed by atoms with Crippen LogP contribution in [0.2, 0.25) is 0 Å². The van der Waals surface area contributed by atoms with E-state index < -0.39 is 0 Å². The monoisotopic (exact) mass is 178 g/mol. The zero-order valence-corrected chi connectivity index (χ0v) is 8.42.